The van der Waals surface area contributed by atoms with Gasteiger partial charge >= 0.3 is 0 Å². The molecule has 0 radical (unpaired) electrons. The van der Waals surface area contributed by atoms with Gasteiger partial charge in [0, 0.05) is 19.6 Å². The summed E-state index contributed by atoms with van der Waals surface area (Å²) in [6.45, 7) is 4.29. The van der Waals surface area contributed by atoms with Gasteiger partial charge in [0.25, 0.3) is 0 Å². The van der Waals surface area contributed by atoms with Crippen molar-refractivity contribution in [1.82, 2.24) is 4.90 Å². The molecule has 13 heavy (non-hydrogen) atoms. The standard InChI is InChI=1S/C11H13NO/c1-2-4-10-6-12(5-9(10)3-1)7-11-8-13-11/h1-4,11H,5-8H2/t11-/m0/s1. The molecule has 1 atom stereocenters. The smallest absolute Gasteiger partial charge is 0.0936 e. The summed E-state index contributed by atoms with van der Waals surface area (Å²) < 4.78 is 5.23. The highest BCUT2D eigenvalue weighted by molar-refractivity contribution is 5.30. The third-order valence-corrected chi connectivity index (χ3v) is 2.77. The number of ether oxygens (including phenoxy) is 1. The summed E-state index contributed by atoms with van der Waals surface area (Å²) in [5, 5.41) is 0. The summed E-state index contributed by atoms with van der Waals surface area (Å²) in [5.41, 5.74) is 2.98. The number of rotatable bonds is 2. The van der Waals surface area contributed by atoms with Gasteiger partial charge in [0.1, 0.15) is 0 Å². The minimum atomic E-state index is 0.523. The fourth-order valence-corrected chi connectivity index (χ4v) is 1.99. The Morgan fingerprint density at radius 3 is 2.38 bits per heavy atom. The van der Waals surface area contributed by atoms with Crippen LogP contribution in [0.3, 0.4) is 0 Å². The molecule has 2 aliphatic rings. The first kappa shape index (κ1) is 7.54. The van der Waals surface area contributed by atoms with Crippen LogP contribution in [0.1, 0.15) is 11.1 Å². The first-order valence-electron chi connectivity index (χ1n) is 4.82. The monoisotopic (exact) mass is 175 g/mol. The first-order chi connectivity index (χ1) is 6.42. The van der Waals surface area contributed by atoms with Crippen LogP contribution >= 0.6 is 0 Å². The second-order valence-electron chi connectivity index (χ2n) is 3.89. The van der Waals surface area contributed by atoms with E-state index in [9.17, 15) is 0 Å². The van der Waals surface area contributed by atoms with E-state index in [0.29, 0.717) is 6.10 Å². The average molecular weight is 175 g/mol. The molecular formula is C11H13NO. The summed E-state index contributed by atoms with van der Waals surface area (Å²) >= 11 is 0. The molecule has 0 spiro atoms. The summed E-state index contributed by atoms with van der Waals surface area (Å²) in [4.78, 5) is 2.46. The van der Waals surface area contributed by atoms with Crippen LogP contribution in [0.2, 0.25) is 0 Å². The predicted octanol–water partition coefficient (Wildman–Crippen LogP) is 1.40. The first-order valence-corrected chi connectivity index (χ1v) is 4.82. The highest BCUT2D eigenvalue weighted by Gasteiger charge is 2.28. The van der Waals surface area contributed by atoms with Crippen LogP contribution in [-0.2, 0) is 17.8 Å². The van der Waals surface area contributed by atoms with Crippen molar-refractivity contribution in [2.24, 2.45) is 0 Å². The molecule has 1 aromatic rings. The molecule has 0 unspecified atom stereocenters. The minimum Gasteiger partial charge on any atom is -0.372 e. The van der Waals surface area contributed by atoms with Gasteiger partial charge in [-0.3, -0.25) is 4.90 Å². The van der Waals surface area contributed by atoms with Gasteiger partial charge in [-0.15, -0.1) is 0 Å². The Kier molecular flexibility index (Phi) is 1.64. The van der Waals surface area contributed by atoms with Gasteiger partial charge in [0.15, 0.2) is 0 Å². The van der Waals surface area contributed by atoms with E-state index in [-0.39, 0.29) is 0 Å². The van der Waals surface area contributed by atoms with E-state index in [1.54, 1.807) is 0 Å². The third kappa shape index (κ3) is 1.47. The Balaban J connectivity index is 1.73. The lowest BCUT2D eigenvalue weighted by molar-refractivity contribution is 0.248. The van der Waals surface area contributed by atoms with Crippen molar-refractivity contribution in [3.63, 3.8) is 0 Å². The maximum absolute atomic E-state index is 5.23. The molecule has 2 nitrogen and oxygen atoms in total. The Morgan fingerprint density at radius 1 is 1.23 bits per heavy atom. The van der Waals surface area contributed by atoms with Gasteiger partial charge < -0.3 is 4.74 Å². The highest BCUT2D eigenvalue weighted by Crippen LogP contribution is 2.24. The van der Waals surface area contributed by atoms with Crippen molar-refractivity contribution < 1.29 is 4.74 Å². The molecular weight excluding hydrogens is 162 g/mol. The van der Waals surface area contributed by atoms with E-state index in [1.807, 2.05) is 0 Å². The second kappa shape index (κ2) is 2.82. The number of hydrogen-bond acceptors (Lipinski definition) is 2. The quantitative estimate of drug-likeness (QED) is 0.631. The van der Waals surface area contributed by atoms with E-state index in [1.165, 1.54) is 11.1 Å². The molecule has 0 saturated carbocycles. The Bertz CT molecular complexity index is 295. The Labute approximate surface area is 78.1 Å². The molecule has 68 valence electrons. The molecule has 0 aliphatic carbocycles. The maximum Gasteiger partial charge on any atom is 0.0936 e. The molecule has 0 N–H and O–H groups in total. The van der Waals surface area contributed by atoms with E-state index in [2.05, 4.69) is 29.2 Å². The van der Waals surface area contributed by atoms with Crippen molar-refractivity contribution in [3.05, 3.63) is 35.4 Å². The van der Waals surface area contributed by atoms with E-state index in [0.717, 1.165) is 26.2 Å². The lowest BCUT2D eigenvalue weighted by Gasteiger charge is -2.11. The van der Waals surface area contributed by atoms with Crippen LogP contribution in [0.25, 0.3) is 0 Å². The van der Waals surface area contributed by atoms with Crippen LogP contribution in [0.4, 0.5) is 0 Å². The van der Waals surface area contributed by atoms with E-state index in [4.69, 9.17) is 4.74 Å². The largest absolute Gasteiger partial charge is 0.372 e. The number of benzene rings is 1. The van der Waals surface area contributed by atoms with Crippen LogP contribution < -0.4 is 0 Å². The van der Waals surface area contributed by atoms with Crippen molar-refractivity contribution in [1.29, 1.82) is 0 Å². The number of fused-ring (bicyclic) bond motifs is 1. The molecule has 2 aliphatic heterocycles. The molecule has 1 fully saturated rings. The number of epoxide rings is 1. The minimum absolute atomic E-state index is 0.523. The molecule has 0 amide bonds. The van der Waals surface area contributed by atoms with E-state index >= 15 is 0 Å². The topological polar surface area (TPSA) is 15.8 Å². The lowest BCUT2D eigenvalue weighted by atomic mass is 10.1. The van der Waals surface area contributed by atoms with Crippen molar-refractivity contribution in [3.8, 4) is 0 Å². The SMILES string of the molecule is c1ccc2c(c1)CN(C[C@H]1CO1)C2. The zero-order chi connectivity index (χ0) is 8.67. The number of nitrogens with zero attached hydrogens (tertiary/aromatic N) is 1. The molecule has 2 heterocycles. The average Bonchev–Trinajstić information content (AvgIpc) is 2.85. The van der Waals surface area contributed by atoms with E-state index < -0.39 is 0 Å². The van der Waals surface area contributed by atoms with Crippen LogP contribution in [0, 0.1) is 0 Å². The summed E-state index contributed by atoms with van der Waals surface area (Å²) in [5.74, 6) is 0. The lowest BCUT2D eigenvalue weighted by Crippen LogP contribution is -2.21. The Hall–Kier alpha value is -0.860. The van der Waals surface area contributed by atoms with Crippen molar-refractivity contribution in [2.45, 2.75) is 19.2 Å². The zero-order valence-corrected chi connectivity index (χ0v) is 7.57. The van der Waals surface area contributed by atoms with Crippen molar-refractivity contribution >= 4 is 0 Å². The van der Waals surface area contributed by atoms with Crippen LogP contribution in [0.5, 0.6) is 0 Å². The summed E-state index contributed by atoms with van der Waals surface area (Å²) in [7, 11) is 0. The van der Waals surface area contributed by atoms with Gasteiger partial charge in [-0.05, 0) is 11.1 Å². The number of hydrogen-bond donors (Lipinski definition) is 0. The van der Waals surface area contributed by atoms with Crippen molar-refractivity contribution in [2.75, 3.05) is 13.2 Å². The zero-order valence-electron chi connectivity index (χ0n) is 7.57. The fourth-order valence-electron chi connectivity index (χ4n) is 1.99. The van der Waals surface area contributed by atoms with Gasteiger partial charge in [0.2, 0.25) is 0 Å². The van der Waals surface area contributed by atoms with Gasteiger partial charge in [0.05, 0.1) is 12.7 Å². The molecule has 2 heteroatoms. The molecule has 3 rings (SSSR count). The van der Waals surface area contributed by atoms with Gasteiger partial charge in [-0.25, -0.2) is 0 Å². The molecule has 0 aromatic heterocycles. The highest BCUT2D eigenvalue weighted by atomic mass is 16.6. The molecule has 0 bridgehead atoms. The second-order valence-corrected chi connectivity index (χ2v) is 3.89. The molecule has 1 aromatic carbocycles. The third-order valence-electron chi connectivity index (χ3n) is 2.77. The summed E-state index contributed by atoms with van der Waals surface area (Å²) in [6.07, 6.45) is 0.523. The van der Waals surface area contributed by atoms with Gasteiger partial charge in [-0.2, -0.15) is 0 Å². The Morgan fingerprint density at radius 2 is 1.85 bits per heavy atom. The maximum atomic E-state index is 5.23. The normalized spacial score (nSPS) is 26.0. The van der Waals surface area contributed by atoms with Crippen LogP contribution in [-0.4, -0.2) is 24.2 Å². The van der Waals surface area contributed by atoms with Crippen LogP contribution in [0.15, 0.2) is 24.3 Å². The fraction of sp³-hybridized carbons (Fsp3) is 0.455. The predicted molar refractivity (Wildman–Crippen MR) is 50.3 cm³/mol. The molecule has 1 saturated heterocycles. The van der Waals surface area contributed by atoms with Gasteiger partial charge in [-0.1, -0.05) is 24.3 Å². The summed E-state index contributed by atoms with van der Waals surface area (Å²) in [6, 6.07) is 8.69.